The van der Waals surface area contributed by atoms with Crippen molar-refractivity contribution < 1.29 is 38.1 Å². The maximum absolute atomic E-state index is 13.1. The van der Waals surface area contributed by atoms with Crippen LogP contribution >= 0.6 is 0 Å². The molecule has 0 aliphatic heterocycles. The highest BCUT2D eigenvalue weighted by molar-refractivity contribution is 5.98. The zero-order chi connectivity index (χ0) is 28.2. The minimum Gasteiger partial charge on any atom is -0.493 e. The lowest BCUT2D eigenvalue weighted by atomic mass is 10.0. The molecule has 10 heteroatoms. The molecule has 2 aromatic carbocycles. The van der Waals surface area contributed by atoms with Gasteiger partial charge in [-0.3, -0.25) is 9.59 Å². The molecular weight excluding hydrogens is 504 g/mol. The van der Waals surface area contributed by atoms with Crippen LogP contribution in [0.1, 0.15) is 36.8 Å². The number of carbonyl (C=O) groups is 3. The highest BCUT2D eigenvalue weighted by Crippen LogP contribution is 2.29. The standard InChI is InChI=1S/C29H32N2O8/c1-19(31-28(33)26-27(37-18-36-21(3)32)24(35-4)15-16-30-26)29(34)39-25(17-22-11-7-5-8-12-22)20(2)38-23-13-9-6-10-14-23/h5-16,19-20,25H,17-18H2,1-4H3,(H,31,33)/t19-,20-,25?/m0/s1. The van der Waals surface area contributed by atoms with Crippen molar-refractivity contribution in [3.05, 3.63) is 84.2 Å². The number of nitrogens with zero attached hydrogens (tertiary/aromatic N) is 1. The molecule has 3 aromatic rings. The molecule has 0 spiro atoms. The fourth-order valence-corrected chi connectivity index (χ4v) is 3.58. The van der Waals surface area contributed by atoms with E-state index in [1.165, 1.54) is 33.2 Å². The zero-order valence-electron chi connectivity index (χ0n) is 22.3. The Labute approximate surface area is 227 Å². The van der Waals surface area contributed by atoms with Gasteiger partial charge in [0, 0.05) is 25.6 Å². The summed E-state index contributed by atoms with van der Waals surface area (Å²) in [6, 6.07) is 19.3. The average molecular weight is 537 g/mol. The van der Waals surface area contributed by atoms with Gasteiger partial charge in [0.25, 0.3) is 5.91 Å². The normalized spacial score (nSPS) is 12.8. The molecule has 10 nitrogen and oxygen atoms in total. The van der Waals surface area contributed by atoms with E-state index in [4.69, 9.17) is 23.7 Å². The van der Waals surface area contributed by atoms with Gasteiger partial charge in [-0.2, -0.15) is 0 Å². The number of carbonyl (C=O) groups excluding carboxylic acids is 3. The van der Waals surface area contributed by atoms with Crippen LogP contribution in [0, 0.1) is 0 Å². The summed E-state index contributed by atoms with van der Waals surface area (Å²) in [5, 5.41) is 2.58. The predicted octanol–water partition coefficient (Wildman–Crippen LogP) is 3.73. The number of methoxy groups -OCH3 is 1. The number of nitrogens with one attached hydrogen (secondary N) is 1. The SMILES string of the molecule is COc1ccnc(C(=O)N[C@@H](C)C(=O)OC(Cc2ccccc2)[C@H](C)Oc2ccccc2)c1OCOC(C)=O. The van der Waals surface area contributed by atoms with Gasteiger partial charge in [0.15, 0.2) is 17.2 Å². The molecule has 3 atom stereocenters. The Morgan fingerprint density at radius 3 is 2.26 bits per heavy atom. The van der Waals surface area contributed by atoms with E-state index >= 15 is 0 Å². The van der Waals surface area contributed by atoms with Crippen LogP contribution in [0.25, 0.3) is 0 Å². The summed E-state index contributed by atoms with van der Waals surface area (Å²) < 4.78 is 27.3. The first-order chi connectivity index (χ1) is 18.8. The molecule has 0 saturated carbocycles. The summed E-state index contributed by atoms with van der Waals surface area (Å²) in [7, 11) is 1.39. The monoisotopic (exact) mass is 536 g/mol. The van der Waals surface area contributed by atoms with E-state index in [2.05, 4.69) is 10.3 Å². The molecule has 1 heterocycles. The van der Waals surface area contributed by atoms with Crippen LogP contribution < -0.4 is 19.5 Å². The number of rotatable bonds is 13. The third kappa shape index (κ3) is 8.74. The average Bonchev–Trinajstić information content (AvgIpc) is 2.93. The predicted molar refractivity (Wildman–Crippen MR) is 142 cm³/mol. The minimum atomic E-state index is -1.03. The molecule has 0 aliphatic rings. The van der Waals surface area contributed by atoms with Gasteiger partial charge in [0.2, 0.25) is 6.79 Å². The van der Waals surface area contributed by atoms with E-state index < -0.39 is 42.9 Å². The van der Waals surface area contributed by atoms with Crippen LogP contribution in [-0.4, -0.2) is 55.0 Å². The number of aromatic nitrogens is 1. The number of benzene rings is 2. The number of esters is 2. The molecule has 0 saturated heterocycles. The van der Waals surface area contributed by atoms with Crippen molar-refractivity contribution in [1.29, 1.82) is 0 Å². The van der Waals surface area contributed by atoms with Crippen LogP contribution in [0.2, 0.25) is 0 Å². The second kappa shape index (κ2) is 14.4. The van der Waals surface area contributed by atoms with Crippen LogP contribution in [-0.2, 0) is 25.5 Å². The van der Waals surface area contributed by atoms with Gasteiger partial charge in [0.05, 0.1) is 7.11 Å². The van der Waals surface area contributed by atoms with Crippen molar-refractivity contribution in [2.75, 3.05) is 13.9 Å². The van der Waals surface area contributed by atoms with E-state index in [0.717, 1.165) is 5.56 Å². The zero-order valence-corrected chi connectivity index (χ0v) is 22.3. The molecule has 1 N–H and O–H groups in total. The van der Waals surface area contributed by atoms with Gasteiger partial charge in [-0.1, -0.05) is 48.5 Å². The fraction of sp³-hybridized carbons (Fsp3) is 0.310. The second-order valence-electron chi connectivity index (χ2n) is 8.59. The molecule has 39 heavy (non-hydrogen) atoms. The van der Waals surface area contributed by atoms with E-state index in [0.29, 0.717) is 12.2 Å². The lowest BCUT2D eigenvalue weighted by Crippen LogP contribution is -2.44. The molecule has 0 radical (unpaired) electrons. The smallest absolute Gasteiger partial charge is 0.328 e. The molecule has 1 amide bonds. The first-order valence-corrected chi connectivity index (χ1v) is 12.3. The number of ether oxygens (including phenoxy) is 5. The van der Waals surface area contributed by atoms with E-state index in [1.807, 2.05) is 67.6 Å². The first-order valence-electron chi connectivity index (χ1n) is 12.3. The molecule has 0 bridgehead atoms. The van der Waals surface area contributed by atoms with E-state index in [9.17, 15) is 14.4 Å². The number of amides is 1. The first kappa shape index (κ1) is 29.0. The summed E-state index contributed by atoms with van der Waals surface area (Å²) in [6.45, 7) is 4.10. The molecule has 0 aliphatic carbocycles. The van der Waals surface area contributed by atoms with Crippen molar-refractivity contribution in [2.24, 2.45) is 0 Å². The number of para-hydroxylation sites is 1. The Kier molecular flexibility index (Phi) is 10.7. The molecule has 0 fully saturated rings. The van der Waals surface area contributed by atoms with Gasteiger partial charge < -0.3 is 29.0 Å². The topological polar surface area (TPSA) is 122 Å². The van der Waals surface area contributed by atoms with Crippen LogP contribution in [0.15, 0.2) is 72.9 Å². The minimum absolute atomic E-state index is 0.0360. The van der Waals surface area contributed by atoms with Gasteiger partial charge in [0.1, 0.15) is 24.0 Å². The summed E-state index contributed by atoms with van der Waals surface area (Å²) in [5.74, 6) is -1.11. The third-order valence-corrected chi connectivity index (χ3v) is 5.61. The van der Waals surface area contributed by atoms with E-state index in [-0.39, 0.29) is 17.2 Å². The van der Waals surface area contributed by atoms with Crippen molar-refractivity contribution >= 4 is 17.8 Å². The summed E-state index contributed by atoms with van der Waals surface area (Å²) in [4.78, 5) is 41.3. The molecule has 1 aromatic heterocycles. The van der Waals surface area contributed by atoms with Crippen molar-refractivity contribution in [2.45, 2.75) is 45.4 Å². The quantitative estimate of drug-likeness (QED) is 0.257. The maximum Gasteiger partial charge on any atom is 0.328 e. The Morgan fingerprint density at radius 2 is 1.62 bits per heavy atom. The maximum atomic E-state index is 13.1. The van der Waals surface area contributed by atoms with Crippen LogP contribution in [0.3, 0.4) is 0 Å². The number of hydrogen-bond donors (Lipinski definition) is 1. The molecule has 1 unspecified atom stereocenters. The van der Waals surface area contributed by atoms with E-state index in [1.54, 1.807) is 0 Å². The van der Waals surface area contributed by atoms with Gasteiger partial charge in [-0.15, -0.1) is 0 Å². The Morgan fingerprint density at radius 1 is 0.949 bits per heavy atom. The van der Waals surface area contributed by atoms with Crippen LogP contribution in [0.4, 0.5) is 0 Å². The van der Waals surface area contributed by atoms with Crippen molar-refractivity contribution in [3.63, 3.8) is 0 Å². The molecule has 206 valence electrons. The largest absolute Gasteiger partial charge is 0.493 e. The van der Waals surface area contributed by atoms with Crippen LogP contribution in [0.5, 0.6) is 17.2 Å². The van der Waals surface area contributed by atoms with Crippen molar-refractivity contribution in [3.8, 4) is 17.2 Å². The number of hydrogen-bond acceptors (Lipinski definition) is 9. The van der Waals surface area contributed by atoms with Crippen molar-refractivity contribution in [1.82, 2.24) is 10.3 Å². The Balaban J connectivity index is 1.72. The summed E-state index contributed by atoms with van der Waals surface area (Å²) >= 11 is 0. The summed E-state index contributed by atoms with van der Waals surface area (Å²) in [6.07, 6.45) is 0.638. The highest BCUT2D eigenvalue weighted by Gasteiger charge is 2.29. The summed E-state index contributed by atoms with van der Waals surface area (Å²) in [5.41, 5.74) is 0.813. The van der Waals surface area contributed by atoms with Gasteiger partial charge in [-0.25, -0.2) is 9.78 Å². The number of pyridine rings is 1. The fourth-order valence-electron chi connectivity index (χ4n) is 3.58. The van der Waals surface area contributed by atoms with Gasteiger partial charge >= 0.3 is 11.9 Å². The third-order valence-electron chi connectivity index (χ3n) is 5.61. The molecular formula is C29H32N2O8. The molecule has 3 rings (SSSR count). The Hall–Kier alpha value is -4.60. The second-order valence-corrected chi connectivity index (χ2v) is 8.59. The lowest BCUT2D eigenvalue weighted by molar-refractivity contribution is -0.155. The highest BCUT2D eigenvalue weighted by atomic mass is 16.7. The van der Waals surface area contributed by atoms with Gasteiger partial charge in [-0.05, 0) is 31.5 Å². The Bertz CT molecular complexity index is 1240. The lowest BCUT2D eigenvalue weighted by Gasteiger charge is -2.26.